The molecular formula is C17H29N3. The first-order valence-electron chi connectivity index (χ1n) is 7.90. The first-order chi connectivity index (χ1) is 9.59. The van der Waals surface area contributed by atoms with E-state index in [1.165, 1.54) is 31.2 Å². The van der Waals surface area contributed by atoms with Crippen LogP contribution in [0, 0.1) is 0 Å². The maximum absolute atomic E-state index is 4.10. The predicted octanol–water partition coefficient (Wildman–Crippen LogP) is 3.16. The second kappa shape index (κ2) is 7.19. The molecule has 1 aromatic rings. The Morgan fingerprint density at radius 2 is 1.70 bits per heavy atom. The molecule has 1 aliphatic carbocycles. The Morgan fingerprint density at radius 3 is 2.30 bits per heavy atom. The Bertz CT molecular complexity index is 390. The Hall–Kier alpha value is -0.930. The molecule has 0 bridgehead atoms. The van der Waals surface area contributed by atoms with E-state index in [2.05, 4.69) is 54.9 Å². The van der Waals surface area contributed by atoms with Gasteiger partial charge in [0.15, 0.2) is 0 Å². The second-order valence-corrected chi connectivity index (χ2v) is 6.45. The quantitative estimate of drug-likeness (QED) is 0.823. The van der Waals surface area contributed by atoms with Crippen LogP contribution in [0.3, 0.4) is 0 Å². The van der Waals surface area contributed by atoms with Crippen molar-refractivity contribution < 1.29 is 0 Å². The molecule has 1 aromatic heterocycles. The van der Waals surface area contributed by atoms with E-state index in [1.807, 2.05) is 12.4 Å². The highest BCUT2D eigenvalue weighted by Gasteiger charge is 2.31. The average Bonchev–Trinajstić information content (AvgIpc) is 2.47. The number of hydrogen-bond donors (Lipinski definition) is 0. The van der Waals surface area contributed by atoms with Crippen LogP contribution in [0.15, 0.2) is 24.5 Å². The predicted molar refractivity (Wildman–Crippen MR) is 84.6 cm³/mol. The van der Waals surface area contributed by atoms with Crippen LogP contribution in [0.1, 0.15) is 45.1 Å². The van der Waals surface area contributed by atoms with E-state index in [9.17, 15) is 0 Å². The van der Waals surface area contributed by atoms with Crippen LogP contribution in [-0.4, -0.2) is 47.0 Å². The van der Waals surface area contributed by atoms with Crippen molar-refractivity contribution in [3.8, 4) is 0 Å². The van der Waals surface area contributed by atoms with Gasteiger partial charge in [0.2, 0.25) is 0 Å². The molecule has 112 valence electrons. The molecule has 2 unspecified atom stereocenters. The molecule has 1 heterocycles. The summed E-state index contributed by atoms with van der Waals surface area (Å²) in [7, 11) is 4.56. The van der Waals surface area contributed by atoms with E-state index in [-0.39, 0.29) is 0 Å². The van der Waals surface area contributed by atoms with Gasteiger partial charge < -0.3 is 0 Å². The van der Waals surface area contributed by atoms with Gasteiger partial charge in [-0.25, -0.2) is 0 Å². The molecule has 0 N–H and O–H groups in total. The zero-order valence-electron chi connectivity index (χ0n) is 13.4. The summed E-state index contributed by atoms with van der Waals surface area (Å²) in [6.07, 6.45) is 9.18. The highest BCUT2D eigenvalue weighted by atomic mass is 15.2. The lowest BCUT2D eigenvalue weighted by atomic mass is 9.87. The summed E-state index contributed by atoms with van der Waals surface area (Å²) in [6, 6.07) is 6.23. The summed E-state index contributed by atoms with van der Waals surface area (Å²) in [5.74, 6) is 0. The van der Waals surface area contributed by atoms with Gasteiger partial charge in [0.05, 0.1) is 0 Å². The van der Waals surface area contributed by atoms with E-state index >= 15 is 0 Å². The molecule has 2 atom stereocenters. The molecule has 1 saturated carbocycles. The normalized spacial score (nSPS) is 23.8. The molecule has 1 fully saturated rings. The second-order valence-electron chi connectivity index (χ2n) is 6.45. The zero-order chi connectivity index (χ0) is 14.5. The molecule has 0 amide bonds. The van der Waals surface area contributed by atoms with Gasteiger partial charge in [0, 0.05) is 37.1 Å². The van der Waals surface area contributed by atoms with Gasteiger partial charge >= 0.3 is 0 Å². The van der Waals surface area contributed by atoms with E-state index in [0.717, 1.165) is 6.54 Å². The first kappa shape index (κ1) is 15.5. The van der Waals surface area contributed by atoms with Crippen LogP contribution in [0.4, 0.5) is 0 Å². The number of hydrogen-bond acceptors (Lipinski definition) is 3. The Balaban J connectivity index is 2.03. The molecule has 0 aliphatic heterocycles. The summed E-state index contributed by atoms with van der Waals surface area (Å²) in [5, 5.41) is 0. The Kier molecular flexibility index (Phi) is 5.55. The van der Waals surface area contributed by atoms with Gasteiger partial charge in [-0.15, -0.1) is 0 Å². The smallest absolute Gasteiger partial charge is 0.0271 e. The number of nitrogens with zero attached hydrogens (tertiary/aromatic N) is 3. The molecule has 3 heteroatoms. The number of aromatic nitrogens is 1. The lowest BCUT2D eigenvalue weighted by Gasteiger charge is -2.44. The fourth-order valence-corrected chi connectivity index (χ4v) is 3.36. The Labute approximate surface area is 124 Å². The van der Waals surface area contributed by atoms with Crippen LogP contribution in [0.25, 0.3) is 0 Å². The minimum absolute atomic E-state index is 0.620. The maximum Gasteiger partial charge on any atom is 0.0271 e. The summed E-state index contributed by atoms with van der Waals surface area (Å²) in [5.41, 5.74) is 1.36. The summed E-state index contributed by atoms with van der Waals surface area (Å²) < 4.78 is 0. The van der Waals surface area contributed by atoms with Gasteiger partial charge in [0.1, 0.15) is 0 Å². The first-order valence-corrected chi connectivity index (χ1v) is 7.90. The molecule has 0 aromatic carbocycles. The summed E-state index contributed by atoms with van der Waals surface area (Å²) in [6.45, 7) is 5.62. The van der Waals surface area contributed by atoms with Crippen LogP contribution < -0.4 is 0 Å². The third-order valence-electron chi connectivity index (χ3n) is 4.78. The molecule has 1 aliphatic rings. The van der Waals surface area contributed by atoms with Gasteiger partial charge in [0.25, 0.3) is 0 Å². The van der Waals surface area contributed by atoms with Gasteiger partial charge in [-0.3, -0.25) is 14.8 Å². The van der Waals surface area contributed by atoms with Crippen molar-refractivity contribution in [3.05, 3.63) is 30.1 Å². The van der Waals surface area contributed by atoms with E-state index < -0.39 is 0 Å². The number of likely N-dealkylation sites (N-methyl/N-ethyl adjacent to an activating group) is 2. The number of rotatable bonds is 5. The number of pyridine rings is 1. The minimum Gasteiger partial charge on any atom is -0.299 e. The van der Waals surface area contributed by atoms with Crippen molar-refractivity contribution in [3.63, 3.8) is 0 Å². The molecule has 0 radical (unpaired) electrons. The van der Waals surface area contributed by atoms with E-state index in [4.69, 9.17) is 0 Å². The van der Waals surface area contributed by atoms with Crippen molar-refractivity contribution in [2.24, 2.45) is 0 Å². The molecule has 0 spiro atoms. The van der Waals surface area contributed by atoms with Gasteiger partial charge in [-0.1, -0.05) is 12.8 Å². The molecular weight excluding hydrogens is 246 g/mol. The topological polar surface area (TPSA) is 19.4 Å². The molecule has 2 rings (SSSR count). The zero-order valence-corrected chi connectivity index (χ0v) is 13.4. The standard InChI is InChI=1S/C17H29N3/c1-14(2)20(4)17-8-6-5-7-16(17)19(3)13-15-9-11-18-12-10-15/h9-12,14,16-17H,5-8,13H2,1-4H3. The van der Waals surface area contributed by atoms with Crippen molar-refractivity contribution in [1.82, 2.24) is 14.8 Å². The van der Waals surface area contributed by atoms with Crippen LogP contribution in [0.2, 0.25) is 0 Å². The minimum atomic E-state index is 0.620. The van der Waals surface area contributed by atoms with Crippen molar-refractivity contribution in [2.45, 2.75) is 64.2 Å². The van der Waals surface area contributed by atoms with Crippen molar-refractivity contribution >= 4 is 0 Å². The highest BCUT2D eigenvalue weighted by Crippen LogP contribution is 2.27. The maximum atomic E-state index is 4.10. The third-order valence-corrected chi connectivity index (χ3v) is 4.78. The van der Waals surface area contributed by atoms with Crippen LogP contribution in [0.5, 0.6) is 0 Å². The SMILES string of the molecule is CC(C)N(C)C1CCCCC1N(C)Cc1ccncc1. The lowest BCUT2D eigenvalue weighted by Crippen LogP contribution is -2.52. The van der Waals surface area contributed by atoms with Crippen molar-refractivity contribution in [1.29, 1.82) is 0 Å². The van der Waals surface area contributed by atoms with Crippen LogP contribution in [-0.2, 0) is 6.54 Å². The Morgan fingerprint density at radius 1 is 1.10 bits per heavy atom. The van der Waals surface area contributed by atoms with E-state index in [0.29, 0.717) is 18.1 Å². The highest BCUT2D eigenvalue weighted by molar-refractivity contribution is 5.09. The van der Waals surface area contributed by atoms with Gasteiger partial charge in [-0.2, -0.15) is 0 Å². The molecule has 3 nitrogen and oxygen atoms in total. The largest absolute Gasteiger partial charge is 0.299 e. The summed E-state index contributed by atoms with van der Waals surface area (Å²) in [4.78, 5) is 9.21. The molecule has 20 heavy (non-hydrogen) atoms. The molecule has 0 saturated heterocycles. The van der Waals surface area contributed by atoms with Crippen molar-refractivity contribution in [2.75, 3.05) is 14.1 Å². The van der Waals surface area contributed by atoms with Gasteiger partial charge in [-0.05, 0) is 58.5 Å². The fourth-order valence-electron chi connectivity index (χ4n) is 3.36. The van der Waals surface area contributed by atoms with E-state index in [1.54, 1.807) is 0 Å². The lowest BCUT2D eigenvalue weighted by molar-refractivity contribution is 0.0569. The average molecular weight is 275 g/mol. The summed E-state index contributed by atoms with van der Waals surface area (Å²) >= 11 is 0. The third kappa shape index (κ3) is 3.80. The van der Waals surface area contributed by atoms with Crippen LogP contribution >= 0.6 is 0 Å². The fraction of sp³-hybridized carbons (Fsp3) is 0.706. The monoisotopic (exact) mass is 275 g/mol.